The summed E-state index contributed by atoms with van der Waals surface area (Å²) in [6.07, 6.45) is 15.4. The van der Waals surface area contributed by atoms with Crippen LogP contribution in [0, 0.1) is 0 Å². The predicted octanol–water partition coefficient (Wildman–Crippen LogP) is 2.77. The van der Waals surface area contributed by atoms with Crippen molar-refractivity contribution in [2.75, 3.05) is 13.2 Å². The van der Waals surface area contributed by atoms with Crippen molar-refractivity contribution in [3.8, 4) is 0 Å². The smallest absolute Gasteiger partial charge is 0.449 e. The van der Waals surface area contributed by atoms with Crippen LogP contribution in [0.5, 0.6) is 0 Å². The van der Waals surface area contributed by atoms with Gasteiger partial charge in [-0.1, -0.05) is 78.1 Å². The third-order valence-electron chi connectivity index (χ3n) is 3.83. The summed E-state index contributed by atoms with van der Waals surface area (Å²) in [5.41, 5.74) is 0. The van der Waals surface area contributed by atoms with Gasteiger partial charge in [0.1, 0.15) is 10.5 Å². The van der Waals surface area contributed by atoms with Gasteiger partial charge in [0, 0.05) is 13.2 Å². The SMILES string of the molecule is CCCCCCCCO[SiH](OCCCCCCCC)O[SiH2]O[SiH3]. The zero-order valence-corrected chi connectivity index (χ0v) is 20.4. The van der Waals surface area contributed by atoms with Crippen molar-refractivity contribution in [2.24, 2.45) is 0 Å². The van der Waals surface area contributed by atoms with Crippen LogP contribution in [-0.4, -0.2) is 43.2 Å². The molecule has 7 heteroatoms. The molecule has 0 N–H and O–H groups in total. The van der Waals surface area contributed by atoms with E-state index in [-0.39, 0.29) is 0 Å². The van der Waals surface area contributed by atoms with Crippen molar-refractivity contribution < 1.29 is 17.1 Å². The van der Waals surface area contributed by atoms with Crippen LogP contribution in [0.2, 0.25) is 0 Å². The average molecular weight is 381 g/mol. The van der Waals surface area contributed by atoms with E-state index in [1.165, 1.54) is 64.2 Å². The van der Waals surface area contributed by atoms with Crippen LogP contribution in [0.1, 0.15) is 90.9 Å². The Morgan fingerprint density at radius 2 is 1.13 bits per heavy atom. The van der Waals surface area contributed by atoms with Crippen LogP contribution in [-0.2, 0) is 17.1 Å². The fourth-order valence-corrected chi connectivity index (χ4v) is 6.19. The molecule has 0 aliphatic carbocycles. The first-order valence-electron chi connectivity index (χ1n) is 9.68. The quantitative estimate of drug-likeness (QED) is 0.255. The van der Waals surface area contributed by atoms with Crippen molar-refractivity contribution in [1.82, 2.24) is 0 Å². The first kappa shape index (κ1) is 23.5. The maximum Gasteiger partial charge on any atom is 0.474 e. The molecule has 0 rings (SSSR count). The second-order valence-electron chi connectivity index (χ2n) is 6.14. The summed E-state index contributed by atoms with van der Waals surface area (Å²) in [4.78, 5) is 0. The molecule has 0 aliphatic heterocycles. The summed E-state index contributed by atoms with van der Waals surface area (Å²) in [6, 6.07) is 0. The molecule has 0 aromatic carbocycles. The molecule has 0 heterocycles. The average Bonchev–Trinajstić information content (AvgIpc) is 2.57. The van der Waals surface area contributed by atoms with Crippen molar-refractivity contribution in [3.05, 3.63) is 0 Å². The van der Waals surface area contributed by atoms with Crippen molar-refractivity contribution >= 4 is 30.0 Å². The highest BCUT2D eigenvalue weighted by Gasteiger charge is 2.14. The molecule has 140 valence electrons. The second kappa shape index (κ2) is 20.5. The van der Waals surface area contributed by atoms with Gasteiger partial charge < -0.3 is 17.1 Å². The molecule has 0 bridgehead atoms. The minimum atomic E-state index is -1.92. The van der Waals surface area contributed by atoms with Crippen LogP contribution in [0.4, 0.5) is 0 Å². The number of unbranched alkanes of at least 4 members (excludes halogenated alkanes) is 10. The Hall–Kier alpha value is 0.491. The lowest BCUT2D eigenvalue weighted by Crippen LogP contribution is -2.30. The van der Waals surface area contributed by atoms with Gasteiger partial charge in [-0.3, -0.25) is 0 Å². The van der Waals surface area contributed by atoms with Gasteiger partial charge in [-0.05, 0) is 12.8 Å². The zero-order valence-electron chi connectivity index (χ0n) is 15.8. The van der Waals surface area contributed by atoms with E-state index in [4.69, 9.17) is 17.1 Å². The summed E-state index contributed by atoms with van der Waals surface area (Å²) in [5.74, 6) is 0. The number of hydrogen-bond acceptors (Lipinski definition) is 4. The van der Waals surface area contributed by atoms with E-state index in [2.05, 4.69) is 13.8 Å². The Kier molecular flexibility index (Phi) is 21.0. The second-order valence-corrected chi connectivity index (χ2v) is 11.3. The largest absolute Gasteiger partial charge is 0.474 e. The minimum absolute atomic E-state index is 0.756. The van der Waals surface area contributed by atoms with Gasteiger partial charge in [-0.2, -0.15) is 0 Å². The highest BCUT2D eigenvalue weighted by atomic mass is 28.4. The summed E-state index contributed by atoms with van der Waals surface area (Å²) >= 11 is 0. The lowest BCUT2D eigenvalue weighted by molar-refractivity contribution is 0.132. The van der Waals surface area contributed by atoms with Crippen molar-refractivity contribution in [3.63, 3.8) is 0 Å². The molecule has 0 aromatic heterocycles. The standard InChI is InChI=1S/C16H40O4Si3/c1-3-5-7-9-11-13-15-17-23(20-22-19-21)18-16-14-12-10-8-6-4-2/h23H,3-16,22H2,1-2,21H3. The fourth-order valence-electron chi connectivity index (χ4n) is 2.39. The van der Waals surface area contributed by atoms with Gasteiger partial charge in [0.05, 0.1) is 0 Å². The molecule has 23 heavy (non-hydrogen) atoms. The normalized spacial score (nSPS) is 12.1. The molecule has 0 spiro atoms. The van der Waals surface area contributed by atoms with E-state index in [0.29, 0.717) is 0 Å². The van der Waals surface area contributed by atoms with E-state index in [1.807, 2.05) is 0 Å². The maximum absolute atomic E-state index is 5.86. The molecule has 0 radical (unpaired) electrons. The van der Waals surface area contributed by atoms with E-state index < -0.39 is 19.5 Å². The van der Waals surface area contributed by atoms with Crippen molar-refractivity contribution in [2.45, 2.75) is 90.9 Å². The highest BCUT2D eigenvalue weighted by Crippen LogP contribution is 2.07. The Labute approximate surface area is 151 Å². The van der Waals surface area contributed by atoms with Crippen LogP contribution < -0.4 is 0 Å². The van der Waals surface area contributed by atoms with E-state index >= 15 is 0 Å². The first-order valence-corrected chi connectivity index (χ1v) is 13.1. The lowest BCUT2D eigenvalue weighted by atomic mass is 10.1. The van der Waals surface area contributed by atoms with Gasteiger partial charge >= 0.3 is 9.53 Å². The Morgan fingerprint density at radius 1 is 0.696 bits per heavy atom. The first-order chi connectivity index (χ1) is 11.3. The van der Waals surface area contributed by atoms with Gasteiger partial charge in [0.2, 0.25) is 0 Å². The number of hydrogen-bond donors (Lipinski definition) is 0. The topological polar surface area (TPSA) is 36.9 Å². The molecule has 0 amide bonds. The molecule has 0 aromatic rings. The summed E-state index contributed by atoms with van der Waals surface area (Å²) in [5, 5.41) is 0. The Bertz CT molecular complexity index is 206. The predicted molar refractivity (Wildman–Crippen MR) is 106 cm³/mol. The molecule has 0 atom stereocenters. The molecule has 0 saturated carbocycles. The zero-order chi connectivity index (χ0) is 17.0. The molecule has 0 saturated heterocycles. The number of rotatable bonds is 19. The monoisotopic (exact) mass is 380 g/mol. The summed E-state index contributed by atoms with van der Waals surface area (Å²) in [6.45, 7) is 6.07. The molecule has 0 aliphatic rings. The third-order valence-corrected chi connectivity index (χ3v) is 7.42. The summed E-state index contributed by atoms with van der Waals surface area (Å²) in [7, 11) is -2.02. The lowest BCUT2D eigenvalue weighted by Gasteiger charge is -2.16. The molecule has 0 unspecified atom stereocenters. The van der Waals surface area contributed by atoms with Gasteiger partial charge in [-0.15, -0.1) is 0 Å². The maximum atomic E-state index is 5.86. The molecular weight excluding hydrogens is 340 g/mol. The van der Waals surface area contributed by atoms with Crippen LogP contribution >= 0.6 is 0 Å². The van der Waals surface area contributed by atoms with E-state index in [9.17, 15) is 0 Å². The Morgan fingerprint density at radius 3 is 1.57 bits per heavy atom. The van der Waals surface area contributed by atoms with Crippen LogP contribution in [0.25, 0.3) is 0 Å². The van der Waals surface area contributed by atoms with Crippen molar-refractivity contribution in [1.29, 1.82) is 0 Å². The van der Waals surface area contributed by atoms with Gasteiger partial charge in [0.15, 0.2) is 0 Å². The Balaban J connectivity index is 3.56. The van der Waals surface area contributed by atoms with Gasteiger partial charge in [-0.25, -0.2) is 0 Å². The molecular formula is C16H40O4Si3. The third kappa shape index (κ3) is 18.7. The van der Waals surface area contributed by atoms with Crippen LogP contribution in [0.15, 0.2) is 0 Å². The fraction of sp³-hybridized carbons (Fsp3) is 1.00. The summed E-state index contributed by atoms with van der Waals surface area (Å²) < 4.78 is 22.7. The minimum Gasteiger partial charge on any atom is -0.449 e. The molecule has 4 nitrogen and oxygen atoms in total. The highest BCUT2D eigenvalue weighted by molar-refractivity contribution is 6.46. The molecule has 0 fully saturated rings. The van der Waals surface area contributed by atoms with Crippen LogP contribution in [0.3, 0.4) is 0 Å². The van der Waals surface area contributed by atoms with E-state index in [0.717, 1.165) is 36.5 Å². The van der Waals surface area contributed by atoms with E-state index in [1.54, 1.807) is 0 Å². The van der Waals surface area contributed by atoms with Gasteiger partial charge in [0.25, 0.3) is 10.0 Å².